The Bertz CT molecular complexity index is 587. The Morgan fingerprint density at radius 2 is 2.28 bits per heavy atom. The number of benzene rings is 1. The van der Waals surface area contributed by atoms with Gasteiger partial charge in [-0.25, -0.2) is 4.98 Å². The molecule has 0 aliphatic heterocycles. The molecule has 0 radical (unpaired) electrons. The number of nitriles is 1. The van der Waals surface area contributed by atoms with Crippen molar-refractivity contribution in [1.29, 1.82) is 5.26 Å². The quantitative estimate of drug-likeness (QED) is 0.847. The third kappa shape index (κ3) is 2.29. The molecule has 2 aromatic rings. The van der Waals surface area contributed by atoms with Gasteiger partial charge < -0.3 is 9.47 Å². The summed E-state index contributed by atoms with van der Waals surface area (Å²) >= 11 is 1.42. The fourth-order valence-electron chi connectivity index (χ4n) is 1.59. The van der Waals surface area contributed by atoms with Crippen LogP contribution in [0, 0.1) is 11.3 Å². The Balaban J connectivity index is 2.52. The maximum Gasteiger partial charge on any atom is 0.171 e. The van der Waals surface area contributed by atoms with Gasteiger partial charge in [-0.3, -0.25) is 0 Å². The monoisotopic (exact) mass is 260 g/mol. The van der Waals surface area contributed by atoms with Crippen LogP contribution in [-0.4, -0.2) is 18.7 Å². The number of nitrogens with zero attached hydrogens (tertiary/aromatic N) is 2. The van der Waals surface area contributed by atoms with E-state index in [0.717, 1.165) is 10.6 Å². The second kappa shape index (κ2) is 5.52. The summed E-state index contributed by atoms with van der Waals surface area (Å²) in [6, 6.07) is 7.65. The minimum absolute atomic E-state index is 0.417. The van der Waals surface area contributed by atoms with Crippen LogP contribution in [0.3, 0.4) is 0 Å². The van der Waals surface area contributed by atoms with E-state index < -0.39 is 0 Å². The molecule has 0 N–H and O–H groups in total. The van der Waals surface area contributed by atoms with Crippen molar-refractivity contribution in [1.82, 2.24) is 4.98 Å². The molecule has 0 fully saturated rings. The highest BCUT2D eigenvalue weighted by atomic mass is 32.1. The van der Waals surface area contributed by atoms with E-state index in [1.807, 2.05) is 31.2 Å². The molecule has 0 aliphatic rings. The van der Waals surface area contributed by atoms with Gasteiger partial charge in [0, 0.05) is 5.38 Å². The fourth-order valence-corrected chi connectivity index (χ4v) is 2.35. The van der Waals surface area contributed by atoms with Crippen molar-refractivity contribution in [3.05, 3.63) is 29.3 Å². The smallest absolute Gasteiger partial charge is 0.171 e. The zero-order valence-corrected chi connectivity index (χ0v) is 11.0. The molecule has 1 aromatic carbocycles. The highest BCUT2D eigenvalue weighted by Gasteiger charge is 2.14. The first-order valence-corrected chi connectivity index (χ1v) is 6.34. The van der Waals surface area contributed by atoms with E-state index in [1.54, 1.807) is 12.5 Å². The van der Waals surface area contributed by atoms with E-state index in [0.29, 0.717) is 23.8 Å². The van der Waals surface area contributed by atoms with Gasteiger partial charge >= 0.3 is 0 Å². The van der Waals surface area contributed by atoms with Crippen LogP contribution < -0.4 is 9.47 Å². The highest BCUT2D eigenvalue weighted by Crippen LogP contribution is 2.39. The van der Waals surface area contributed by atoms with E-state index in [2.05, 4.69) is 4.98 Å². The first kappa shape index (κ1) is 12.4. The lowest BCUT2D eigenvalue weighted by Crippen LogP contribution is -1.97. The molecule has 5 heteroatoms. The van der Waals surface area contributed by atoms with Crippen molar-refractivity contribution in [2.75, 3.05) is 13.7 Å². The van der Waals surface area contributed by atoms with E-state index in [9.17, 15) is 0 Å². The highest BCUT2D eigenvalue weighted by molar-refractivity contribution is 7.13. The van der Waals surface area contributed by atoms with E-state index in [1.165, 1.54) is 11.3 Å². The number of thiazole rings is 1. The minimum Gasteiger partial charge on any atom is -0.493 e. The molecule has 0 bridgehead atoms. The van der Waals surface area contributed by atoms with Crippen LogP contribution >= 0.6 is 11.3 Å². The molecular formula is C13H12N2O2S. The van der Waals surface area contributed by atoms with Gasteiger partial charge in [-0.2, -0.15) is 5.26 Å². The molecule has 0 amide bonds. The molecule has 2 rings (SSSR count). The summed E-state index contributed by atoms with van der Waals surface area (Å²) in [6.45, 7) is 2.46. The number of methoxy groups -OCH3 is 1. The van der Waals surface area contributed by atoms with Crippen LogP contribution in [0.1, 0.15) is 12.6 Å². The predicted octanol–water partition coefficient (Wildman–Crippen LogP) is 3.09. The second-order valence-electron chi connectivity index (χ2n) is 3.42. The normalized spacial score (nSPS) is 9.83. The van der Waals surface area contributed by atoms with Crippen molar-refractivity contribution >= 4 is 11.3 Å². The number of hydrogen-bond donors (Lipinski definition) is 0. The summed E-state index contributed by atoms with van der Waals surface area (Å²) in [5.41, 5.74) is 1.27. The summed E-state index contributed by atoms with van der Waals surface area (Å²) in [4.78, 5) is 4.24. The first-order chi connectivity index (χ1) is 8.80. The number of rotatable bonds is 4. The lowest BCUT2D eigenvalue weighted by atomic mass is 10.2. The lowest BCUT2D eigenvalue weighted by molar-refractivity contribution is 0.312. The molecule has 0 saturated carbocycles. The fraction of sp³-hybridized carbons (Fsp3) is 0.231. The zero-order valence-electron chi connectivity index (χ0n) is 10.1. The van der Waals surface area contributed by atoms with Gasteiger partial charge in [-0.05, 0) is 19.1 Å². The van der Waals surface area contributed by atoms with Crippen LogP contribution in [0.25, 0.3) is 10.6 Å². The minimum atomic E-state index is 0.417. The molecule has 4 nitrogen and oxygen atoms in total. The molecule has 0 spiro atoms. The third-order valence-corrected chi connectivity index (χ3v) is 3.21. The van der Waals surface area contributed by atoms with Gasteiger partial charge in [0.25, 0.3) is 0 Å². The summed E-state index contributed by atoms with van der Waals surface area (Å²) in [7, 11) is 1.60. The molecular weight excluding hydrogens is 248 g/mol. The van der Waals surface area contributed by atoms with Crippen molar-refractivity contribution < 1.29 is 9.47 Å². The summed E-state index contributed by atoms with van der Waals surface area (Å²) in [5, 5.41) is 11.3. The molecule has 1 heterocycles. The van der Waals surface area contributed by atoms with Crippen LogP contribution in [0.4, 0.5) is 0 Å². The Hall–Kier alpha value is -2.06. The average Bonchev–Trinajstić information content (AvgIpc) is 2.88. The number of hydrogen-bond acceptors (Lipinski definition) is 5. The summed E-state index contributed by atoms with van der Waals surface area (Å²) < 4.78 is 10.9. The SMILES string of the molecule is CCOc1c(OC)cccc1-c1nc(C#N)cs1. The number of ether oxygens (including phenoxy) is 2. The lowest BCUT2D eigenvalue weighted by Gasteiger charge is -2.12. The van der Waals surface area contributed by atoms with E-state index in [4.69, 9.17) is 14.7 Å². The summed E-state index contributed by atoms with van der Waals surface area (Å²) in [5.74, 6) is 1.34. The molecule has 0 unspecified atom stereocenters. The largest absolute Gasteiger partial charge is 0.493 e. The first-order valence-electron chi connectivity index (χ1n) is 5.46. The second-order valence-corrected chi connectivity index (χ2v) is 4.28. The molecule has 92 valence electrons. The number of para-hydroxylation sites is 1. The summed E-state index contributed by atoms with van der Waals surface area (Å²) in [6.07, 6.45) is 0. The maximum absolute atomic E-state index is 8.81. The molecule has 0 aliphatic carbocycles. The van der Waals surface area contributed by atoms with E-state index >= 15 is 0 Å². The van der Waals surface area contributed by atoms with E-state index in [-0.39, 0.29) is 0 Å². The van der Waals surface area contributed by atoms with Gasteiger partial charge in [0.2, 0.25) is 0 Å². The predicted molar refractivity (Wildman–Crippen MR) is 70.0 cm³/mol. The average molecular weight is 260 g/mol. The van der Waals surface area contributed by atoms with Crippen LogP contribution in [0.15, 0.2) is 23.6 Å². The van der Waals surface area contributed by atoms with Crippen molar-refractivity contribution in [3.8, 4) is 28.1 Å². The van der Waals surface area contributed by atoms with Gasteiger partial charge in [-0.15, -0.1) is 11.3 Å². The van der Waals surface area contributed by atoms with Crippen LogP contribution in [0.2, 0.25) is 0 Å². The third-order valence-electron chi connectivity index (χ3n) is 2.34. The molecule has 18 heavy (non-hydrogen) atoms. The van der Waals surface area contributed by atoms with Gasteiger partial charge in [0.1, 0.15) is 11.1 Å². The Kier molecular flexibility index (Phi) is 3.80. The van der Waals surface area contributed by atoms with Crippen LogP contribution in [-0.2, 0) is 0 Å². The Morgan fingerprint density at radius 1 is 1.44 bits per heavy atom. The standard InChI is InChI=1S/C13H12N2O2S/c1-3-17-12-10(5-4-6-11(12)16-2)13-15-9(7-14)8-18-13/h4-6,8H,3H2,1-2H3. The van der Waals surface area contributed by atoms with Crippen molar-refractivity contribution in [2.24, 2.45) is 0 Å². The van der Waals surface area contributed by atoms with Crippen molar-refractivity contribution in [3.63, 3.8) is 0 Å². The van der Waals surface area contributed by atoms with Gasteiger partial charge in [-0.1, -0.05) is 6.07 Å². The maximum atomic E-state index is 8.81. The molecule has 0 atom stereocenters. The molecule has 1 aromatic heterocycles. The molecule has 0 saturated heterocycles. The van der Waals surface area contributed by atoms with Crippen LogP contribution in [0.5, 0.6) is 11.5 Å². The Labute approximate surface area is 109 Å². The van der Waals surface area contributed by atoms with Crippen molar-refractivity contribution in [2.45, 2.75) is 6.92 Å². The van der Waals surface area contributed by atoms with Gasteiger partial charge in [0.15, 0.2) is 17.2 Å². The zero-order chi connectivity index (χ0) is 13.0. The topological polar surface area (TPSA) is 55.1 Å². The number of aromatic nitrogens is 1. The van der Waals surface area contributed by atoms with Gasteiger partial charge in [0.05, 0.1) is 19.3 Å². The Morgan fingerprint density at radius 3 is 2.89 bits per heavy atom.